The van der Waals surface area contributed by atoms with Crippen LogP contribution >= 0.6 is 0 Å². The zero-order valence-corrected chi connectivity index (χ0v) is 20.8. The molecule has 3 heterocycles. The molecule has 1 atom stereocenters. The number of ether oxygens (including phenoxy) is 2. The highest BCUT2D eigenvalue weighted by Gasteiger charge is 2.43. The predicted octanol–water partition coefficient (Wildman–Crippen LogP) is 4.50. The molecule has 2 N–H and O–H groups in total. The third-order valence-electron chi connectivity index (χ3n) is 6.55. The summed E-state index contributed by atoms with van der Waals surface area (Å²) in [6.45, 7) is 0. The van der Waals surface area contributed by atoms with E-state index in [9.17, 15) is 14.9 Å². The average Bonchev–Trinajstić information content (AvgIpc) is 3.40. The molecule has 8 heteroatoms. The van der Waals surface area contributed by atoms with E-state index in [1.54, 1.807) is 30.3 Å². The number of nitriles is 1. The number of carbonyl (C=O) groups is 2. The number of esters is 2. The Morgan fingerprint density at radius 2 is 1.63 bits per heavy atom. The normalized spacial score (nSPS) is 15.4. The SMILES string of the molecule is COC(=O)C1=C(C(=O)OC)N(c2cccc(-c3cc4ccccn4c3)c2)C(N)=C(C#N)C1c1ccccc1. The van der Waals surface area contributed by atoms with Crippen LogP contribution in [0.25, 0.3) is 16.6 Å². The molecule has 1 unspecified atom stereocenters. The van der Waals surface area contributed by atoms with Gasteiger partial charge in [0.05, 0.1) is 37.4 Å². The first-order valence-electron chi connectivity index (χ1n) is 11.8. The van der Waals surface area contributed by atoms with Crippen molar-refractivity contribution in [1.29, 1.82) is 5.26 Å². The minimum atomic E-state index is -0.918. The van der Waals surface area contributed by atoms with Crippen LogP contribution in [0.4, 0.5) is 5.69 Å². The number of nitrogens with zero attached hydrogens (tertiary/aromatic N) is 3. The Hall–Kier alpha value is -5.29. The lowest BCUT2D eigenvalue weighted by Gasteiger charge is -2.36. The van der Waals surface area contributed by atoms with E-state index in [4.69, 9.17) is 15.2 Å². The van der Waals surface area contributed by atoms with E-state index in [0.717, 1.165) is 16.6 Å². The number of rotatable bonds is 5. The Labute approximate surface area is 219 Å². The zero-order valence-electron chi connectivity index (χ0n) is 20.8. The molecule has 2 aromatic carbocycles. The molecule has 0 bridgehead atoms. The second-order valence-electron chi connectivity index (χ2n) is 8.65. The molecule has 0 radical (unpaired) electrons. The van der Waals surface area contributed by atoms with Gasteiger partial charge in [-0.3, -0.25) is 4.90 Å². The fourth-order valence-corrected chi connectivity index (χ4v) is 4.82. The highest BCUT2D eigenvalue weighted by atomic mass is 16.5. The number of pyridine rings is 1. The van der Waals surface area contributed by atoms with Crippen LogP contribution in [0.3, 0.4) is 0 Å². The van der Waals surface area contributed by atoms with E-state index in [-0.39, 0.29) is 22.7 Å². The number of fused-ring (bicyclic) bond motifs is 1. The molecule has 4 aromatic rings. The van der Waals surface area contributed by atoms with Gasteiger partial charge in [0.25, 0.3) is 0 Å². The molecule has 1 aliphatic rings. The van der Waals surface area contributed by atoms with E-state index in [0.29, 0.717) is 11.3 Å². The van der Waals surface area contributed by atoms with E-state index < -0.39 is 17.9 Å². The van der Waals surface area contributed by atoms with Gasteiger partial charge in [0.2, 0.25) is 0 Å². The molecule has 2 aromatic heterocycles. The number of hydrogen-bond donors (Lipinski definition) is 1. The fourth-order valence-electron chi connectivity index (χ4n) is 4.82. The summed E-state index contributed by atoms with van der Waals surface area (Å²) in [5.74, 6) is -2.45. The quantitative estimate of drug-likeness (QED) is 0.398. The molecular formula is C30H24N4O4. The summed E-state index contributed by atoms with van der Waals surface area (Å²) in [5.41, 5.74) is 10.5. The summed E-state index contributed by atoms with van der Waals surface area (Å²) in [5, 5.41) is 10.2. The van der Waals surface area contributed by atoms with Gasteiger partial charge in [-0.05, 0) is 41.5 Å². The van der Waals surface area contributed by atoms with Gasteiger partial charge in [0.15, 0.2) is 0 Å². The maximum Gasteiger partial charge on any atom is 0.355 e. The predicted molar refractivity (Wildman–Crippen MR) is 142 cm³/mol. The van der Waals surface area contributed by atoms with Crippen molar-refractivity contribution in [2.45, 2.75) is 5.92 Å². The van der Waals surface area contributed by atoms with Crippen LogP contribution in [0.2, 0.25) is 0 Å². The van der Waals surface area contributed by atoms with Crippen LogP contribution in [0.5, 0.6) is 0 Å². The Kier molecular flexibility index (Phi) is 6.42. The third kappa shape index (κ3) is 4.06. The van der Waals surface area contributed by atoms with Crippen LogP contribution in [0.15, 0.2) is 114 Å². The highest BCUT2D eigenvalue weighted by molar-refractivity contribution is 6.06. The van der Waals surface area contributed by atoms with E-state index in [1.165, 1.54) is 19.1 Å². The summed E-state index contributed by atoms with van der Waals surface area (Å²) in [6.07, 6.45) is 3.95. The third-order valence-corrected chi connectivity index (χ3v) is 6.55. The number of aromatic nitrogens is 1. The summed E-state index contributed by atoms with van der Waals surface area (Å²) in [7, 11) is 2.45. The van der Waals surface area contributed by atoms with Crippen LogP contribution in [0, 0.1) is 11.3 Å². The van der Waals surface area contributed by atoms with E-state index in [1.807, 2.05) is 65.3 Å². The number of nitrogens with two attached hydrogens (primary N) is 1. The van der Waals surface area contributed by atoms with Crippen molar-refractivity contribution < 1.29 is 19.1 Å². The molecule has 0 saturated heterocycles. The lowest BCUT2D eigenvalue weighted by molar-refractivity contribution is -0.139. The second kappa shape index (κ2) is 9.99. The van der Waals surface area contributed by atoms with Crippen LogP contribution < -0.4 is 10.6 Å². The maximum absolute atomic E-state index is 13.3. The van der Waals surface area contributed by atoms with Gasteiger partial charge in [0, 0.05) is 29.2 Å². The van der Waals surface area contributed by atoms with Crippen molar-refractivity contribution in [1.82, 2.24) is 4.40 Å². The number of allylic oxidation sites excluding steroid dienone is 1. The monoisotopic (exact) mass is 504 g/mol. The van der Waals surface area contributed by atoms with Gasteiger partial charge in [-0.15, -0.1) is 0 Å². The van der Waals surface area contributed by atoms with Crippen molar-refractivity contribution in [2.24, 2.45) is 5.73 Å². The van der Waals surface area contributed by atoms with Gasteiger partial charge in [-0.25, -0.2) is 9.59 Å². The van der Waals surface area contributed by atoms with Crippen LogP contribution in [-0.4, -0.2) is 30.6 Å². The van der Waals surface area contributed by atoms with Gasteiger partial charge < -0.3 is 19.6 Å². The summed E-state index contributed by atoms with van der Waals surface area (Å²) < 4.78 is 12.2. The number of anilines is 1. The molecule has 8 nitrogen and oxygen atoms in total. The molecular weight excluding hydrogens is 480 g/mol. The molecule has 0 saturated carbocycles. The number of carbonyl (C=O) groups excluding carboxylic acids is 2. The number of methoxy groups -OCH3 is 2. The zero-order chi connectivity index (χ0) is 26.8. The van der Waals surface area contributed by atoms with Gasteiger partial charge >= 0.3 is 11.9 Å². The standard InChI is InChI=1S/C30H24N4O4/c1-37-29(35)26-25(19-9-4-3-5-10-19)24(17-31)28(32)34(27(26)30(36)38-2)23-13-8-11-20(15-23)21-16-22-12-6-7-14-33(22)18-21/h3-16,18,25H,32H2,1-2H3. The van der Waals surface area contributed by atoms with E-state index in [2.05, 4.69) is 6.07 Å². The van der Waals surface area contributed by atoms with Crippen molar-refractivity contribution in [3.63, 3.8) is 0 Å². The number of hydrogen-bond acceptors (Lipinski definition) is 7. The Balaban J connectivity index is 1.75. The maximum atomic E-state index is 13.3. The molecule has 1 aliphatic heterocycles. The molecule has 0 spiro atoms. The molecule has 5 rings (SSSR count). The molecule has 188 valence electrons. The smallest absolute Gasteiger partial charge is 0.355 e. The first-order chi connectivity index (χ1) is 18.5. The summed E-state index contributed by atoms with van der Waals surface area (Å²) in [6, 6.07) is 26.4. The van der Waals surface area contributed by atoms with E-state index >= 15 is 0 Å². The van der Waals surface area contributed by atoms with Crippen LogP contribution in [0.1, 0.15) is 11.5 Å². The van der Waals surface area contributed by atoms with Crippen molar-refractivity contribution in [3.8, 4) is 17.2 Å². The van der Waals surface area contributed by atoms with Gasteiger partial charge in [0.1, 0.15) is 11.5 Å². The van der Waals surface area contributed by atoms with Crippen molar-refractivity contribution in [2.75, 3.05) is 19.1 Å². The molecule has 38 heavy (non-hydrogen) atoms. The summed E-state index contributed by atoms with van der Waals surface area (Å²) >= 11 is 0. The minimum Gasteiger partial charge on any atom is -0.466 e. The Morgan fingerprint density at radius 1 is 0.895 bits per heavy atom. The lowest BCUT2D eigenvalue weighted by Crippen LogP contribution is -2.40. The molecule has 0 amide bonds. The highest BCUT2D eigenvalue weighted by Crippen LogP contribution is 2.43. The Bertz CT molecular complexity index is 1630. The topological polar surface area (TPSA) is 110 Å². The van der Waals surface area contributed by atoms with Gasteiger partial charge in [-0.2, -0.15) is 5.26 Å². The van der Waals surface area contributed by atoms with Crippen molar-refractivity contribution in [3.05, 3.63) is 119 Å². The Morgan fingerprint density at radius 3 is 2.32 bits per heavy atom. The first-order valence-corrected chi connectivity index (χ1v) is 11.8. The number of benzene rings is 2. The van der Waals surface area contributed by atoms with Gasteiger partial charge in [-0.1, -0.05) is 48.5 Å². The molecule has 0 aliphatic carbocycles. The minimum absolute atomic E-state index is 0.0219. The van der Waals surface area contributed by atoms with Crippen molar-refractivity contribution >= 4 is 23.1 Å². The van der Waals surface area contributed by atoms with Crippen LogP contribution in [-0.2, 0) is 19.1 Å². The second-order valence-corrected chi connectivity index (χ2v) is 8.65. The average molecular weight is 505 g/mol. The lowest BCUT2D eigenvalue weighted by atomic mass is 9.81. The fraction of sp³-hybridized carbons (Fsp3) is 0.100. The first kappa shape index (κ1) is 24.4. The largest absolute Gasteiger partial charge is 0.466 e. The molecule has 0 fully saturated rings. The summed E-state index contributed by atoms with van der Waals surface area (Å²) in [4.78, 5) is 27.9.